The lowest BCUT2D eigenvalue weighted by molar-refractivity contribution is 0.630. The van der Waals surface area contributed by atoms with Gasteiger partial charge in [0.1, 0.15) is 0 Å². The van der Waals surface area contributed by atoms with Crippen LogP contribution >= 0.6 is 0 Å². The van der Waals surface area contributed by atoms with Gasteiger partial charge in [0.2, 0.25) is 0 Å². The van der Waals surface area contributed by atoms with E-state index in [9.17, 15) is 0 Å². The fourth-order valence-corrected chi connectivity index (χ4v) is 8.85. The smallest absolute Gasteiger partial charge is 0.164 e. The molecule has 4 heteroatoms. The second-order valence-electron chi connectivity index (χ2n) is 15.7. The van der Waals surface area contributed by atoms with Crippen LogP contribution in [0.1, 0.15) is 25.0 Å². The van der Waals surface area contributed by atoms with Crippen LogP contribution < -0.4 is 0 Å². The zero-order valence-corrected chi connectivity index (χ0v) is 32.3. The van der Waals surface area contributed by atoms with Gasteiger partial charge in [-0.25, -0.2) is 15.0 Å². The fraction of sp³-hybridized carbons (Fsp3) is 0.0556. The highest BCUT2D eigenvalue weighted by atomic mass is 15.0. The first kappa shape index (κ1) is 33.9. The summed E-state index contributed by atoms with van der Waals surface area (Å²) < 4.78 is 2.46. The topological polar surface area (TPSA) is 43.6 Å². The predicted molar refractivity (Wildman–Crippen MR) is 239 cm³/mol. The highest BCUT2D eigenvalue weighted by Crippen LogP contribution is 2.48. The molecule has 10 aromatic rings. The maximum Gasteiger partial charge on any atom is 0.164 e. The van der Waals surface area contributed by atoms with Gasteiger partial charge in [-0.15, -0.1) is 0 Å². The van der Waals surface area contributed by atoms with Crippen molar-refractivity contribution in [1.29, 1.82) is 0 Å². The lowest BCUT2D eigenvalue weighted by Crippen LogP contribution is -2.26. The summed E-state index contributed by atoms with van der Waals surface area (Å²) in [5.74, 6) is 1.92. The van der Waals surface area contributed by atoms with Gasteiger partial charge in [0.15, 0.2) is 17.5 Å². The molecule has 0 N–H and O–H groups in total. The second kappa shape index (κ2) is 13.4. The van der Waals surface area contributed by atoms with Crippen molar-refractivity contribution in [2.24, 2.45) is 0 Å². The zero-order valence-electron chi connectivity index (χ0n) is 32.3. The van der Waals surface area contributed by atoms with Gasteiger partial charge in [0.05, 0.1) is 16.7 Å². The third-order valence-corrected chi connectivity index (χ3v) is 11.8. The minimum atomic E-state index is -0.101. The highest BCUT2D eigenvalue weighted by molar-refractivity contribution is 6.12. The van der Waals surface area contributed by atoms with Crippen molar-refractivity contribution in [2.75, 3.05) is 0 Å². The number of para-hydroxylation sites is 2. The first-order chi connectivity index (χ1) is 28.5. The zero-order chi connectivity index (χ0) is 38.8. The second-order valence-corrected chi connectivity index (χ2v) is 15.7. The Balaban J connectivity index is 0.992. The summed E-state index contributed by atoms with van der Waals surface area (Å²) >= 11 is 0. The fourth-order valence-electron chi connectivity index (χ4n) is 8.85. The SMILES string of the molecule is CC1(C)c2ccccc2-n2c3ccc(-c4cccc(-c5nc(-c6ccccc6)nc(-c6ccc(-c7cccc(-c8ccccc8)c7)cc6)n5)c4)cc3c3cccc1c32. The largest absolute Gasteiger partial charge is 0.309 e. The number of aromatic nitrogens is 4. The molecule has 8 aromatic carbocycles. The van der Waals surface area contributed by atoms with E-state index in [1.807, 2.05) is 24.3 Å². The average Bonchev–Trinajstić information content (AvgIpc) is 3.63. The molecule has 0 spiro atoms. The first-order valence-electron chi connectivity index (χ1n) is 19.9. The minimum Gasteiger partial charge on any atom is -0.309 e. The molecule has 274 valence electrons. The third kappa shape index (κ3) is 5.56. The van der Waals surface area contributed by atoms with Gasteiger partial charge >= 0.3 is 0 Å². The summed E-state index contributed by atoms with van der Waals surface area (Å²) in [7, 11) is 0. The van der Waals surface area contributed by atoms with Crippen LogP contribution in [0.5, 0.6) is 0 Å². The number of fused-ring (bicyclic) bond motifs is 5. The van der Waals surface area contributed by atoms with E-state index in [1.165, 1.54) is 49.7 Å². The molecule has 4 nitrogen and oxygen atoms in total. The molecule has 0 aliphatic carbocycles. The van der Waals surface area contributed by atoms with Crippen molar-refractivity contribution in [1.82, 2.24) is 19.5 Å². The summed E-state index contributed by atoms with van der Waals surface area (Å²) in [5, 5.41) is 2.52. The maximum atomic E-state index is 5.12. The van der Waals surface area contributed by atoms with Gasteiger partial charge in [-0.3, -0.25) is 0 Å². The van der Waals surface area contributed by atoms with Crippen LogP contribution in [0, 0.1) is 0 Å². The number of rotatable bonds is 6. The van der Waals surface area contributed by atoms with E-state index in [0.717, 1.165) is 38.9 Å². The van der Waals surface area contributed by atoms with Crippen LogP contribution in [0.3, 0.4) is 0 Å². The molecule has 0 atom stereocenters. The molecule has 58 heavy (non-hydrogen) atoms. The Morgan fingerprint density at radius 1 is 0.345 bits per heavy atom. The van der Waals surface area contributed by atoms with Gasteiger partial charge in [-0.05, 0) is 74.8 Å². The maximum absolute atomic E-state index is 5.12. The van der Waals surface area contributed by atoms with E-state index >= 15 is 0 Å². The monoisotopic (exact) mass is 742 g/mol. The van der Waals surface area contributed by atoms with Gasteiger partial charge in [-0.1, -0.05) is 178 Å². The molecule has 0 amide bonds. The van der Waals surface area contributed by atoms with Crippen molar-refractivity contribution in [3.05, 3.63) is 205 Å². The molecule has 2 aromatic heterocycles. The van der Waals surface area contributed by atoms with Crippen molar-refractivity contribution in [3.8, 4) is 73.2 Å². The van der Waals surface area contributed by atoms with Crippen LogP contribution in [0.4, 0.5) is 0 Å². The average molecular weight is 743 g/mol. The van der Waals surface area contributed by atoms with Gasteiger partial charge < -0.3 is 4.57 Å². The third-order valence-electron chi connectivity index (χ3n) is 11.8. The molecule has 0 radical (unpaired) electrons. The van der Waals surface area contributed by atoms with Crippen LogP contribution in [0.25, 0.3) is 95.0 Å². The Morgan fingerprint density at radius 3 is 1.50 bits per heavy atom. The molecule has 1 aliphatic heterocycles. The quantitative estimate of drug-likeness (QED) is 0.170. The Hall–Kier alpha value is -7.43. The van der Waals surface area contributed by atoms with Gasteiger partial charge in [0, 0.05) is 32.9 Å². The minimum absolute atomic E-state index is 0.101. The molecular formula is C54H38N4. The van der Waals surface area contributed by atoms with E-state index in [4.69, 9.17) is 15.0 Å². The Bertz CT molecular complexity index is 3180. The van der Waals surface area contributed by atoms with E-state index in [1.54, 1.807) is 0 Å². The molecule has 0 bridgehead atoms. The number of hydrogen-bond donors (Lipinski definition) is 0. The Morgan fingerprint density at radius 2 is 0.793 bits per heavy atom. The number of benzene rings is 8. The van der Waals surface area contributed by atoms with Crippen molar-refractivity contribution in [2.45, 2.75) is 19.3 Å². The lowest BCUT2D eigenvalue weighted by Gasteiger charge is -2.34. The van der Waals surface area contributed by atoms with E-state index in [0.29, 0.717) is 17.5 Å². The molecule has 11 rings (SSSR count). The van der Waals surface area contributed by atoms with Gasteiger partial charge in [0.25, 0.3) is 0 Å². The Kier molecular flexibility index (Phi) is 7.80. The molecular weight excluding hydrogens is 705 g/mol. The summed E-state index contributed by atoms with van der Waals surface area (Å²) in [6.07, 6.45) is 0. The summed E-state index contributed by atoms with van der Waals surface area (Å²) in [5.41, 5.74) is 16.1. The molecule has 3 heterocycles. The summed E-state index contributed by atoms with van der Waals surface area (Å²) in [6, 6.07) is 69.0. The standard InChI is InChI=1S/C54H38N4/c1-54(2)46-23-9-10-25-49(46)58-48-31-30-42(34-45(48)44-22-13-24-47(54)50(44)58)41-20-12-21-43(33-41)53-56-51(37-16-7-4-8-17-37)55-52(57-53)38-28-26-36(27-29-38)40-19-11-18-39(32-40)35-14-5-3-6-15-35/h3-34H,1-2H3. The normalized spacial score (nSPS) is 12.8. The van der Waals surface area contributed by atoms with Crippen molar-refractivity contribution < 1.29 is 0 Å². The molecule has 0 fully saturated rings. The van der Waals surface area contributed by atoms with Gasteiger partial charge in [-0.2, -0.15) is 0 Å². The molecule has 1 aliphatic rings. The van der Waals surface area contributed by atoms with Crippen molar-refractivity contribution in [3.63, 3.8) is 0 Å². The van der Waals surface area contributed by atoms with Crippen LogP contribution in [0.2, 0.25) is 0 Å². The van der Waals surface area contributed by atoms with Crippen LogP contribution in [-0.2, 0) is 5.41 Å². The van der Waals surface area contributed by atoms with Crippen LogP contribution in [0.15, 0.2) is 194 Å². The predicted octanol–water partition coefficient (Wildman–Crippen LogP) is 13.6. The van der Waals surface area contributed by atoms with Crippen molar-refractivity contribution >= 4 is 21.8 Å². The first-order valence-corrected chi connectivity index (χ1v) is 19.9. The lowest BCUT2D eigenvalue weighted by atomic mass is 9.75. The Labute approximate surface area is 337 Å². The van der Waals surface area contributed by atoms with E-state index in [2.05, 4.69) is 188 Å². The summed E-state index contributed by atoms with van der Waals surface area (Å²) in [6.45, 7) is 4.69. The van der Waals surface area contributed by atoms with E-state index in [-0.39, 0.29) is 5.41 Å². The molecule has 0 saturated carbocycles. The highest BCUT2D eigenvalue weighted by Gasteiger charge is 2.34. The summed E-state index contributed by atoms with van der Waals surface area (Å²) in [4.78, 5) is 15.2. The number of hydrogen-bond acceptors (Lipinski definition) is 3. The molecule has 0 unspecified atom stereocenters. The number of nitrogens with zero attached hydrogens (tertiary/aromatic N) is 4. The van der Waals surface area contributed by atoms with E-state index < -0.39 is 0 Å². The molecule has 0 saturated heterocycles. The van der Waals surface area contributed by atoms with Crippen LogP contribution in [-0.4, -0.2) is 19.5 Å².